The van der Waals surface area contributed by atoms with E-state index in [1.54, 1.807) is 26.4 Å². The summed E-state index contributed by atoms with van der Waals surface area (Å²) in [5.41, 5.74) is 4.04. The number of methoxy groups -OCH3 is 2. The number of rotatable bonds is 8. The van der Waals surface area contributed by atoms with Crippen LogP contribution in [-0.2, 0) is 16.1 Å². The van der Waals surface area contributed by atoms with Crippen molar-refractivity contribution in [3.05, 3.63) is 95.2 Å². The van der Waals surface area contributed by atoms with Crippen LogP contribution in [0.15, 0.2) is 78.5 Å². The molecule has 0 unspecified atom stereocenters. The van der Waals surface area contributed by atoms with E-state index >= 15 is 0 Å². The second-order valence-electron chi connectivity index (χ2n) is 8.40. The van der Waals surface area contributed by atoms with Crippen molar-refractivity contribution < 1.29 is 19.1 Å². The first-order chi connectivity index (χ1) is 16.4. The number of nitrogens with zero attached hydrogens (tertiary/aromatic N) is 1. The molecule has 6 heteroatoms. The van der Waals surface area contributed by atoms with E-state index < -0.39 is 0 Å². The summed E-state index contributed by atoms with van der Waals surface area (Å²) in [6, 6.07) is 22.5. The lowest BCUT2D eigenvalue weighted by atomic mass is 10.0. The van der Waals surface area contributed by atoms with Gasteiger partial charge in [-0.2, -0.15) is 0 Å². The van der Waals surface area contributed by atoms with Crippen LogP contribution >= 0.6 is 0 Å². The molecule has 0 aliphatic carbocycles. The number of amides is 2. The summed E-state index contributed by atoms with van der Waals surface area (Å²) < 4.78 is 10.7. The highest BCUT2D eigenvalue weighted by Gasteiger charge is 2.39. The second kappa shape index (κ2) is 9.83. The molecule has 0 fully saturated rings. The molecule has 0 radical (unpaired) electrons. The van der Waals surface area contributed by atoms with Gasteiger partial charge in [-0.15, -0.1) is 0 Å². The zero-order valence-electron chi connectivity index (χ0n) is 19.8. The van der Waals surface area contributed by atoms with Crippen LogP contribution in [0, 0.1) is 0 Å². The lowest BCUT2D eigenvalue weighted by Crippen LogP contribution is -2.32. The Labute approximate surface area is 199 Å². The van der Waals surface area contributed by atoms with Crippen LogP contribution in [0.5, 0.6) is 11.5 Å². The second-order valence-corrected chi connectivity index (χ2v) is 8.40. The maximum atomic E-state index is 13.5. The zero-order valence-corrected chi connectivity index (χ0v) is 19.8. The van der Waals surface area contributed by atoms with Crippen LogP contribution in [0.3, 0.4) is 0 Å². The predicted molar refractivity (Wildman–Crippen MR) is 133 cm³/mol. The van der Waals surface area contributed by atoms with Gasteiger partial charge in [0.15, 0.2) is 11.5 Å². The summed E-state index contributed by atoms with van der Waals surface area (Å²) in [5, 5.41) is 3.22. The van der Waals surface area contributed by atoms with Gasteiger partial charge in [0, 0.05) is 5.69 Å². The number of hydrogen-bond acceptors (Lipinski definition) is 5. The number of imide groups is 1. The minimum absolute atomic E-state index is 0.117. The van der Waals surface area contributed by atoms with E-state index in [1.165, 1.54) is 10.5 Å². The Morgan fingerprint density at radius 1 is 0.824 bits per heavy atom. The van der Waals surface area contributed by atoms with Crippen LogP contribution in [0.1, 0.15) is 36.5 Å². The van der Waals surface area contributed by atoms with Crippen LogP contribution in [-0.4, -0.2) is 30.9 Å². The monoisotopic (exact) mass is 456 g/mol. The quantitative estimate of drug-likeness (QED) is 0.471. The number of carbonyl (C=O) groups excluding carboxylic acids is 2. The molecule has 1 aliphatic rings. The maximum Gasteiger partial charge on any atom is 0.278 e. The predicted octanol–water partition coefficient (Wildman–Crippen LogP) is 5.22. The molecule has 0 atom stereocenters. The van der Waals surface area contributed by atoms with Crippen LogP contribution in [0.2, 0.25) is 0 Å². The van der Waals surface area contributed by atoms with Gasteiger partial charge in [0.1, 0.15) is 5.70 Å². The largest absolute Gasteiger partial charge is 0.493 e. The number of anilines is 1. The summed E-state index contributed by atoms with van der Waals surface area (Å²) >= 11 is 0. The Morgan fingerprint density at radius 3 is 2.12 bits per heavy atom. The fourth-order valence-corrected chi connectivity index (χ4v) is 3.97. The van der Waals surface area contributed by atoms with Gasteiger partial charge in [-0.3, -0.25) is 14.5 Å². The van der Waals surface area contributed by atoms with Crippen LogP contribution in [0.4, 0.5) is 5.69 Å². The zero-order chi connectivity index (χ0) is 24.2. The smallest absolute Gasteiger partial charge is 0.278 e. The molecule has 34 heavy (non-hydrogen) atoms. The average Bonchev–Trinajstić information content (AvgIpc) is 3.08. The van der Waals surface area contributed by atoms with Gasteiger partial charge in [0.25, 0.3) is 11.8 Å². The van der Waals surface area contributed by atoms with Crippen molar-refractivity contribution in [1.82, 2.24) is 4.90 Å². The first-order valence-electron chi connectivity index (χ1n) is 11.2. The average molecular weight is 457 g/mol. The molecule has 0 saturated carbocycles. The van der Waals surface area contributed by atoms with Crippen molar-refractivity contribution in [2.75, 3.05) is 19.5 Å². The fraction of sp³-hybridized carbons (Fsp3) is 0.214. The molecule has 3 aromatic rings. The highest BCUT2D eigenvalue weighted by atomic mass is 16.5. The highest BCUT2D eigenvalue weighted by Crippen LogP contribution is 2.33. The molecule has 2 amide bonds. The molecule has 3 aromatic carbocycles. The van der Waals surface area contributed by atoms with Gasteiger partial charge in [-0.25, -0.2) is 0 Å². The van der Waals surface area contributed by atoms with Crippen LogP contribution < -0.4 is 14.8 Å². The van der Waals surface area contributed by atoms with Crippen molar-refractivity contribution in [2.24, 2.45) is 0 Å². The van der Waals surface area contributed by atoms with Crippen molar-refractivity contribution in [2.45, 2.75) is 26.3 Å². The first kappa shape index (κ1) is 23.1. The van der Waals surface area contributed by atoms with Crippen molar-refractivity contribution >= 4 is 23.1 Å². The number of ether oxygens (including phenoxy) is 2. The van der Waals surface area contributed by atoms with Gasteiger partial charge in [-0.1, -0.05) is 62.4 Å². The Bertz CT molecular complexity index is 1230. The lowest BCUT2D eigenvalue weighted by molar-refractivity contribution is -0.137. The summed E-state index contributed by atoms with van der Waals surface area (Å²) in [6.07, 6.45) is 0. The van der Waals surface area contributed by atoms with E-state index in [1.807, 2.05) is 60.7 Å². The molecule has 1 N–H and O–H groups in total. The lowest BCUT2D eigenvalue weighted by Gasteiger charge is -2.17. The van der Waals surface area contributed by atoms with Gasteiger partial charge in [0.2, 0.25) is 0 Å². The molecule has 1 heterocycles. The van der Waals surface area contributed by atoms with Gasteiger partial charge < -0.3 is 14.8 Å². The Morgan fingerprint density at radius 2 is 1.50 bits per heavy atom. The summed E-state index contributed by atoms with van der Waals surface area (Å²) in [4.78, 5) is 28.2. The summed E-state index contributed by atoms with van der Waals surface area (Å²) in [6.45, 7) is 4.37. The molecule has 0 bridgehead atoms. The minimum Gasteiger partial charge on any atom is -0.493 e. The van der Waals surface area contributed by atoms with Crippen molar-refractivity contribution in [1.29, 1.82) is 0 Å². The normalized spacial score (nSPS) is 13.6. The van der Waals surface area contributed by atoms with Crippen molar-refractivity contribution in [3.63, 3.8) is 0 Å². The molecular formula is C28H28N2O4. The third kappa shape index (κ3) is 4.53. The van der Waals surface area contributed by atoms with E-state index in [2.05, 4.69) is 19.2 Å². The van der Waals surface area contributed by atoms with E-state index in [-0.39, 0.29) is 24.1 Å². The number of carbonyl (C=O) groups is 2. The van der Waals surface area contributed by atoms with E-state index in [9.17, 15) is 9.59 Å². The van der Waals surface area contributed by atoms with Gasteiger partial charge >= 0.3 is 0 Å². The topological polar surface area (TPSA) is 67.9 Å². The van der Waals surface area contributed by atoms with Crippen molar-refractivity contribution in [3.8, 4) is 11.5 Å². The Balaban J connectivity index is 1.68. The first-order valence-corrected chi connectivity index (χ1v) is 11.2. The van der Waals surface area contributed by atoms with Gasteiger partial charge in [0.05, 0.1) is 26.3 Å². The SMILES string of the molecule is COc1ccc(CN2C(=O)C(Nc3ccc(C(C)C)cc3)=C(c3ccccc3)C2=O)cc1OC. The fourth-order valence-electron chi connectivity index (χ4n) is 3.97. The maximum absolute atomic E-state index is 13.5. The van der Waals surface area contributed by atoms with Gasteiger partial charge in [-0.05, 0) is 46.9 Å². The number of benzene rings is 3. The number of hydrogen-bond donors (Lipinski definition) is 1. The molecule has 1 aliphatic heterocycles. The third-order valence-corrected chi connectivity index (χ3v) is 5.87. The summed E-state index contributed by atoms with van der Waals surface area (Å²) in [7, 11) is 3.11. The molecule has 0 saturated heterocycles. The molecule has 6 nitrogen and oxygen atoms in total. The van der Waals surface area contributed by atoms with E-state index in [0.29, 0.717) is 28.6 Å². The Hall–Kier alpha value is -4.06. The van der Waals surface area contributed by atoms with Crippen LogP contribution in [0.25, 0.3) is 5.57 Å². The molecule has 4 rings (SSSR count). The molecule has 0 aromatic heterocycles. The molecule has 174 valence electrons. The summed E-state index contributed by atoms with van der Waals surface area (Å²) in [5.74, 6) is 0.818. The number of nitrogens with one attached hydrogen (secondary N) is 1. The molecular weight excluding hydrogens is 428 g/mol. The minimum atomic E-state index is -0.369. The third-order valence-electron chi connectivity index (χ3n) is 5.87. The Kier molecular flexibility index (Phi) is 6.68. The standard InChI is InChI=1S/C28H28N2O4/c1-18(2)20-11-13-22(14-12-20)29-26-25(21-8-6-5-7-9-21)27(31)30(28(26)32)17-19-10-15-23(33-3)24(16-19)34-4/h5-16,18,29H,17H2,1-4H3. The van der Waals surface area contributed by atoms with E-state index in [0.717, 1.165) is 11.3 Å². The van der Waals surface area contributed by atoms with E-state index in [4.69, 9.17) is 9.47 Å². The highest BCUT2D eigenvalue weighted by molar-refractivity contribution is 6.36. The molecule has 0 spiro atoms.